The number of hydrogen-bond acceptors (Lipinski definition) is 1. The van der Waals surface area contributed by atoms with Crippen LogP contribution in [0.4, 0.5) is 0 Å². The molecule has 1 aromatic heterocycles. The zero-order valence-electron chi connectivity index (χ0n) is 7.29. The van der Waals surface area contributed by atoms with Crippen LogP contribution < -0.4 is 0 Å². The molecule has 0 aliphatic rings. The highest BCUT2D eigenvalue weighted by molar-refractivity contribution is 9.10. The summed E-state index contributed by atoms with van der Waals surface area (Å²) in [5.41, 5.74) is 1.07. The Morgan fingerprint density at radius 1 is 1.07 bits per heavy atom. The van der Waals surface area contributed by atoms with E-state index in [1.165, 1.54) is 16.2 Å². The Bertz CT molecular complexity index is 613. The molecule has 0 atom stereocenters. The molecule has 3 heteroatoms. The predicted octanol–water partition coefficient (Wildman–Crippen LogP) is 3.48. The van der Waals surface area contributed by atoms with E-state index in [1.807, 2.05) is 18.3 Å². The van der Waals surface area contributed by atoms with Crippen molar-refractivity contribution in [3.63, 3.8) is 0 Å². The summed E-state index contributed by atoms with van der Waals surface area (Å²) in [6, 6.07) is 10.4. The minimum Gasteiger partial charge on any atom is -0.278 e. The SMILES string of the molecule is Brc1cc2[nH]ncc2c2ccccc12. The maximum Gasteiger partial charge on any atom is 0.0668 e. The second kappa shape index (κ2) is 2.82. The fourth-order valence-electron chi connectivity index (χ4n) is 1.75. The van der Waals surface area contributed by atoms with Crippen molar-refractivity contribution in [3.05, 3.63) is 41.0 Å². The molecule has 0 fully saturated rings. The van der Waals surface area contributed by atoms with E-state index in [9.17, 15) is 0 Å². The molecule has 3 rings (SSSR count). The summed E-state index contributed by atoms with van der Waals surface area (Å²) in [6.07, 6.45) is 1.87. The van der Waals surface area contributed by atoms with Crippen LogP contribution in [0.2, 0.25) is 0 Å². The Balaban J connectivity index is 2.67. The Kier molecular flexibility index (Phi) is 1.61. The molecule has 0 saturated heterocycles. The van der Waals surface area contributed by atoms with Crippen molar-refractivity contribution in [3.8, 4) is 0 Å². The van der Waals surface area contributed by atoms with Crippen LogP contribution in [0.3, 0.4) is 0 Å². The molecule has 2 aromatic carbocycles. The third-order valence-corrected chi connectivity index (χ3v) is 3.07. The van der Waals surface area contributed by atoms with Gasteiger partial charge in [-0.05, 0) is 16.8 Å². The van der Waals surface area contributed by atoms with E-state index in [2.05, 4.69) is 44.3 Å². The highest BCUT2D eigenvalue weighted by Crippen LogP contribution is 2.30. The molecule has 0 radical (unpaired) electrons. The lowest BCUT2D eigenvalue weighted by Crippen LogP contribution is -1.76. The lowest BCUT2D eigenvalue weighted by Gasteiger charge is -2.01. The van der Waals surface area contributed by atoms with Crippen LogP contribution in [-0.4, -0.2) is 10.2 Å². The number of fused-ring (bicyclic) bond motifs is 3. The average molecular weight is 247 g/mol. The van der Waals surface area contributed by atoms with Crippen LogP contribution in [0.25, 0.3) is 21.7 Å². The first-order chi connectivity index (χ1) is 6.86. The molecule has 0 spiro atoms. The number of halogens is 1. The maximum absolute atomic E-state index is 4.05. The summed E-state index contributed by atoms with van der Waals surface area (Å²) < 4.78 is 1.10. The minimum atomic E-state index is 1.07. The molecule has 0 unspecified atom stereocenters. The Morgan fingerprint density at radius 3 is 2.71 bits per heavy atom. The van der Waals surface area contributed by atoms with Crippen molar-refractivity contribution in [2.45, 2.75) is 0 Å². The van der Waals surface area contributed by atoms with Crippen LogP contribution in [0.5, 0.6) is 0 Å². The van der Waals surface area contributed by atoms with Crippen molar-refractivity contribution < 1.29 is 0 Å². The van der Waals surface area contributed by atoms with Crippen LogP contribution >= 0.6 is 15.9 Å². The number of aromatic nitrogens is 2. The summed E-state index contributed by atoms with van der Waals surface area (Å²) in [6.45, 7) is 0. The number of nitrogens with one attached hydrogen (secondary N) is 1. The topological polar surface area (TPSA) is 28.7 Å². The number of hydrogen-bond donors (Lipinski definition) is 1. The number of nitrogens with zero attached hydrogens (tertiary/aromatic N) is 1. The number of benzene rings is 2. The van der Waals surface area contributed by atoms with Gasteiger partial charge in [-0.2, -0.15) is 5.10 Å². The molecule has 0 amide bonds. The molecule has 2 nitrogen and oxygen atoms in total. The summed E-state index contributed by atoms with van der Waals surface area (Å²) in [7, 11) is 0. The molecule has 14 heavy (non-hydrogen) atoms. The van der Waals surface area contributed by atoms with Crippen LogP contribution in [-0.2, 0) is 0 Å². The normalized spacial score (nSPS) is 11.2. The first-order valence-electron chi connectivity index (χ1n) is 4.36. The van der Waals surface area contributed by atoms with Gasteiger partial charge in [0.25, 0.3) is 0 Å². The van der Waals surface area contributed by atoms with Gasteiger partial charge in [0, 0.05) is 9.86 Å². The van der Waals surface area contributed by atoms with E-state index in [4.69, 9.17) is 0 Å². The summed E-state index contributed by atoms with van der Waals surface area (Å²) in [5, 5.41) is 10.6. The monoisotopic (exact) mass is 246 g/mol. The molecular formula is C11H7BrN2. The van der Waals surface area contributed by atoms with Crippen LogP contribution in [0.1, 0.15) is 0 Å². The van der Waals surface area contributed by atoms with Gasteiger partial charge in [-0.15, -0.1) is 0 Å². The predicted molar refractivity (Wildman–Crippen MR) is 61.3 cm³/mol. The van der Waals surface area contributed by atoms with Crippen molar-refractivity contribution >= 4 is 37.6 Å². The van der Waals surface area contributed by atoms with Gasteiger partial charge in [-0.25, -0.2) is 0 Å². The molecule has 3 aromatic rings. The van der Waals surface area contributed by atoms with Gasteiger partial charge in [-0.1, -0.05) is 40.2 Å². The smallest absolute Gasteiger partial charge is 0.0668 e. The first-order valence-corrected chi connectivity index (χ1v) is 5.16. The number of H-pyrrole nitrogens is 1. The van der Waals surface area contributed by atoms with Gasteiger partial charge in [0.2, 0.25) is 0 Å². The third-order valence-electron chi connectivity index (χ3n) is 2.41. The van der Waals surface area contributed by atoms with E-state index < -0.39 is 0 Å². The maximum atomic E-state index is 4.05. The molecule has 0 aliphatic heterocycles. The fraction of sp³-hybridized carbons (Fsp3) is 0. The van der Waals surface area contributed by atoms with Crippen molar-refractivity contribution in [1.82, 2.24) is 10.2 Å². The molecule has 68 valence electrons. The molecule has 0 aliphatic carbocycles. The lowest BCUT2D eigenvalue weighted by molar-refractivity contribution is 1.12. The number of rotatable bonds is 0. The van der Waals surface area contributed by atoms with Crippen LogP contribution in [0.15, 0.2) is 41.0 Å². The van der Waals surface area contributed by atoms with E-state index in [0.717, 1.165) is 9.99 Å². The standard InChI is InChI=1S/C11H7BrN2/c12-10-5-11-9(6-13-14-11)7-3-1-2-4-8(7)10/h1-6H,(H,13,14). The second-order valence-electron chi connectivity index (χ2n) is 3.24. The van der Waals surface area contributed by atoms with Crippen molar-refractivity contribution in [2.24, 2.45) is 0 Å². The van der Waals surface area contributed by atoms with Gasteiger partial charge in [0.1, 0.15) is 0 Å². The Labute approximate surface area is 89.1 Å². The third kappa shape index (κ3) is 0.990. The zero-order valence-corrected chi connectivity index (χ0v) is 8.88. The van der Waals surface area contributed by atoms with E-state index in [-0.39, 0.29) is 0 Å². The van der Waals surface area contributed by atoms with Gasteiger partial charge in [0.15, 0.2) is 0 Å². The van der Waals surface area contributed by atoms with E-state index >= 15 is 0 Å². The largest absolute Gasteiger partial charge is 0.278 e. The van der Waals surface area contributed by atoms with Crippen molar-refractivity contribution in [1.29, 1.82) is 0 Å². The Morgan fingerprint density at radius 2 is 1.86 bits per heavy atom. The van der Waals surface area contributed by atoms with E-state index in [0.29, 0.717) is 0 Å². The van der Waals surface area contributed by atoms with E-state index in [1.54, 1.807) is 0 Å². The number of aromatic amines is 1. The first kappa shape index (κ1) is 8.00. The highest BCUT2D eigenvalue weighted by Gasteiger charge is 2.04. The summed E-state index contributed by atoms with van der Waals surface area (Å²) in [4.78, 5) is 0. The van der Waals surface area contributed by atoms with Gasteiger partial charge in [0.05, 0.1) is 11.7 Å². The average Bonchev–Trinajstić information content (AvgIpc) is 2.66. The quantitative estimate of drug-likeness (QED) is 0.647. The zero-order chi connectivity index (χ0) is 9.54. The van der Waals surface area contributed by atoms with Crippen LogP contribution in [0, 0.1) is 0 Å². The van der Waals surface area contributed by atoms with Crippen molar-refractivity contribution in [2.75, 3.05) is 0 Å². The Hall–Kier alpha value is -1.35. The highest BCUT2D eigenvalue weighted by atomic mass is 79.9. The summed E-state index contributed by atoms with van der Waals surface area (Å²) in [5.74, 6) is 0. The molecule has 1 heterocycles. The second-order valence-corrected chi connectivity index (χ2v) is 4.09. The molecule has 1 N–H and O–H groups in total. The van der Waals surface area contributed by atoms with Gasteiger partial charge >= 0.3 is 0 Å². The lowest BCUT2D eigenvalue weighted by atomic mass is 10.1. The molecule has 0 saturated carbocycles. The minimum absolute atomic E-state index is 1.07. The van der Waals surface area contributed by atoms with Gasteiger partial charge in [-0.3, -0.25) is 5.10 Å². The summed E-state index contributed by atoms with van der Waals surface area (Å²) >= 11 is 3.55. The molecule has 0 bridgehead atoms. The fourth-order valence-corrected chi connectivity index (χ4v) is 2.33. The molecular weight excluding hydrogens is 240 g/mol. The van der Waals surface area contributed by atoms with Gasteiger partial charge < -0.3 is 0 Å².